The first-order valence-corrected chi connectivity index (χ1v) is 16.5. The largest absolute Gasteiger partial charge is 0.421 e. The van der Waals surface area contributed by atoms with Gasteiger partial charge in [-0.1, -0.05) is 0 Å². The maximum Gasteiger partial charge on any atom is 0.421 e. The molecule has 14 heteroatoms. The highest BCUT2D eigenvalue weighted by Gasteiger charge is 2.54. The topological polar surface area (TPSA) is 78.4 Å². The Kier molecular flexibility index (Phi) is 8.44. The Morgan fingerprint density at radius 1 is 1.02 bits per heavy atom. The molecule has 1 aromatic carbocycles. The highest BCUT2D eigenvalue weighted by Crippen LogP contribution is 2.53. The molecule has 3 fully saturated rings. The molecule has 0 bridgehead atoms. The average molecular weight is 648 g/mol. The first-order chi connectivity index (χ1) is 20.3. The second kappa shape index (κ2) is 11.3. The maximum absolute atomic E-state index is 13.9. The van der Waals surface area contributed by atoms with Gasteiger partial charge in [0.15, 0.2) is 9.84 Å². The Balaban J connectivity index is 1.33. The summed E-state index contributed by atoms with van der Waals surface area (Å²) in [6.07, 6.45) is -5.82. The van der Waals surface area contributed by atoms with Crippen molar-refractivity contribution in [2.45, 2.75) is 94.8 Å². The second-order valence-corrected chi connectivity index (χ2v) is 15.5. The number of alkyl halides is 6. The van der Waals surface area contributed by atoms with Gasteiger partial charge in [0.1, 0.15) is 11.4 Å². The molecule has 1 N–H and O–H groups in total. The summed E-state index contributed by atoms with van der Waals surface area (Å²) in [5.74, 6) is -0.861. The van der Waals surface area contributed by atoms with E-state index in [4.69, 9.17) is 0 Å². The van der Waals surface area contributed by atoms with E-state index >= 15 is 0 Å². The van der Waals surface area contributed by atoms with E-state index in [0.29, 0.717) is 36.3 Å². The van der Waals surface area contributed by atoms with E-state index in [0.717, 1.165) is 37.8 Å². The molecule has 5 rings (SSSR count). The van der Waals surface area contributed by atoms with Crippen molar-refractivity contribution in [1.82, 2.24) is 14.9 Å². The second-order valence-electron chi connectivity index (χ2n) is 13.3. The van der Waals surface area contributed by atoms with Gasteiger partial charge in [-0.15, -0.1) is 0 Å². The molecule has 3 aliphatic rings. The fraction of sp³-hybridized carbons (Fsp3) is 0.667. The summed E-state index contributed by atoms with van der Waals surface area (Å²) >= 11 is 0. The molecular weight excluding hydrogens is 608 g/mol. The Morgan fingerprint density at radius 2 is 1.68 bits per heavy atom. The molecule has 244 valence electrons. The maximum atomic E-state index is 13.9. The van der Waals surface area contributed by atoms with Gasteiger partial charge in [-0.25, -0.2) is 13.4 Å². The number of anilines is 3. The van der Waals surface area contributed by atoms with Crippen LogP contribution in [0.25, 0.3) is 0 Å². The SMILES string of the molecule is Cc1cc(S(=O)(=O)C2CC3(CCN(C(C)C)CC3)C2)ccc1Nc1ncc(C(F)(F)F)c(N2CCCC(C)(C(F)(F)F)C2)n1. The summed E-state index contributed by atoms with van der Waals surface area (Å²) in [6.45, 7) is 8.25. The van der Waals surface area contributed by atoms with Gasteiger partial charge in [0.05, 0.1) is 15.6 Å². The van der Waals surface area contributed by atoms with Crippen LogP contribution in [0.1, 0.15) is 70.4 Å². The van der Waals surface area contributed by atoms with Gasteiger partial charge in [0.25, 0.3) is 0 Å². The minimum atomic E-state index is -4.88. The minimum Gasteiger partial charge on any atom is -0.355 e. The summed E-state index contributed by atoms with van der Waals surface area (Å²) in [4.78, 5) is 11.4. The molecule has 7 nitrogen and oxygen atoms in total. The number of aryl methyl sites for hydroxylation is 1. The number of aromatic nitrogens is 2. The Labute approximate surface area is 254 Å². The zero-order valence-electron chi connectivity index (χ0n) is 25.3. The van der Waals surface area contributed by atoms with Crippen LogP contribution in [0.2, 0.25) is 0 Å². The number of nitrogens with one attached hydrogen (secondary N) is 1. The third-order valence-corrected chi connectivity index (χ3v) is 12.0. The van der Waals surface area contributed by atoms with Gasteiger partial charge in [-0.2, -0.15) is 31.3 Å². The van der Waals surface area contributed by atoms with E-state index in [2.05, 4.69) is 34.0 Å². The molecule has 0 radical (unpaired) electrons. The van der Waals surface area contributed by atoms with Gasteiger partial charge < -0.3 is 15.1 Å². The van der Waals surface area contributed by atoms with Gasteiger partial charge >= 0.3 is 12.4 Å². The zero-order chi connectivity index (χ0) is 32.3. The van der Waals surface area contributed by atoms with E-state index in [1.165, 1.54) is 18.2 Å². The van der Waals surface area contributed by atoms with Crippen molar-refractivity contribution in [3.05, 3.63) is 35.5 Å². The number of hydrogen-bond acceptors (Lipinski definition) is 7. The van der Waals surface area contributed by atoms with Crippen molar-refractivity contribution in [3.8, 4) is 0 Å². The Bertz CT molecular complexity index is 1480. The molecule has 2 aromatic rings. The van der Waals surface area contributed by atoms with Crippen LogP contribution in [0.5, 0.6) is 0 Å². The summed E-state index contributed by atoms with van der Waals surface area (Å²) < 4.78 is 110. The smallest absolute Gasteiger partial charge is 0.355 e. The quantitative estimate of drug-likeness (QED) is 0.334. The van der Waals surface area contributed by atoms with Crippen LogP contribution >= 0.6 is 0 Å². The van der Waals surface area contributed by atoms with Crippen LogP contribution in [0, 0.1) is 17.8 Å². The minimum absolute atomic E-state index is 0.0186. The molecule has 1 saturated carbocycles. The molecule has 2 aliphatic heterocycles. The van der Waals surface area contributed by atoms with Crippen molar-refractivity contribution in [2.24, 2.45) is 10.8 Å². The number of likely N-dealkylation sites (tertiary alicyclic amines) is 1. The highest BCUT2D eigenvalue weighted by molar-refractivity contribution is 7.92. The van der Waals surface area contributed by atoms with Crippen molar-refractivity contribution >= 4 is 27.3 Å². The molecule has 1 unspecified atom stereocenters. The third kappa shape index (κ3) is 6.25. The lowest BCUT2D eigenvalue weighted by Gasteiger charge is -2.52. The average Bonchev–Trinajstić information content (AvgIpc) is 2.91. The number of halogens is 6. The molecule has 1 aliphatic carbocycles. The number of rotatable bonds is 6. The summed E-state index contributed by atoms with van der Waals surface area (Å²) in [7, 11) is -3.58. The lowest BCUT2D eigenvalue weighted by molar-refractivity contribution is -0.219. The standard InChI is InChI=1S/C30H39F6N5O2S/c1-19(2)40-12-9-28(10-13-40)15-22(16-28)44(42,43)21-6-7-24(20(3)14-21)38-26-37-17-23(29(31,32)33)25(39-26)41-11-5-8-27(4,18-41)30(34,35)36/h6-7,14,17,19,22H,5,8-13,15-16,18H2,1-4H3,(H,37,38,39). The fourth-order valence-corrected chi connectivity index (χ4v) is 8.97. The Hall–Kier alpha value is -2.61. The predicted octanol–water partition coefficient (Wildman–Crippen LogP) is 7.14. The summed E-state index contributed by atoms with van der Waals surface area (Å²) in [5, 5.41) is 2.38. The molecule has 44 heavy (non-hydrogen) atoms. The van der Waals surface area contributed by atoms with Gasteiger partial charge in [0, 0.05) is 31.0 Å². The van der Waals surface area contributed by atoms with Crippen LogP contribution in [0.4, 0.5) is 43.8 Å². The van der Waals surface area contributed by atoms with Crippen LogP contribution in [-0.2, 0) is 16.0 Å². The zero-order valence-corrected chi connectivity index (χ0v) is 26.1. The van der Waals surface area contributed by atoms with Crippen LogP contribution < -0.4 is 10.2 Å². The lowest BCUT2D eigenvalue weighted by Crippen LogP contribution is -2.52. The number of nitrogens with zero attached hydrogens (tertiary/aromatic N) is 4. The van der Waals surface area contributed by atoms with E-state index in [9.17, 15) is 34.8 Å². The van der Waals surface area contributed by atoms with Gasteiger partial charge in [0.2, 0.25) is 5.95 Å². The lowest BCUT2D eigenvalue weighted by atomic mass is 9.63. The van der Waals surface area contributed by atoms with Gasteiger partial charge in [-0.3, -0.25) is 0 Å². The molecule has 1 atom stereocenters. The fourth-order valence-electron chi connectivity index (χ4n) is 6.84. The first-order valence-electron chi connectivity index (χ1n) is 15.0. The van der Waals surface area contributed by atoms with Crippen molar-refractivity contribution in [2.75, 3.05) is 36.4 Å². The number of hydrogen-bond donors (Lipinski definition) is 1. The molecule has 0 amide bonds. The van der Waals surface area contributed by atoms with E-state index in [1.807, 2.05) is 0 Å². The van der Waals surface area contributed by atoms with E-state index in [-0.39, 0.29) is 35.6 Å². The normalized spacial score (nSPS) is 23.7. The van der Waals surface area contributed by atoms with E-state index < -0.39 is 50.8 Å². The monoisotopic (exact) mass is 647 g/mol. The third-order valence-electron chi connectivity index (χ3n) is 9.88. The number of benzene rings is 1. The Morgan fingerprint density at radius 3 is 2.25 bits per heavy atom. The van der Waals surface area contributed by atoms with Crippen molar-refractivity contribution < 1.29 is 34.8 Å². The number of piperidine rings is 2. The van der Waals surface area contributed by atoms with Crippen molar-refractivity contribution in [3.63, 3.8) is 0 Å². The van der Waals surface area contributed by atoms with Crippen LogP contribution in [-0.4, -0.2) is 66.9 Å². The molecule has 1 aromatic heterocycles. The predicted molar refractivity (Wildman–Crippen MR) is 156 cm³/mol. The van der Waals surface area contributed by atoms with Crippen molar-refractivity contribution in [1.29, 1.82) is 0 Å². The van der Waals surface area contributed by atoms with E-state index in [1.54, 1.807) is 6.92 Å². The molecule has 2 saturated heterocycles. The highest BCUT2D eigenvalue weighted by atomic mass is 32.2. The van der Waals surface area contributed by atoms with Crippen LogP contribution in [0.3, 0.4) is 0 Å². The molecule has 3 heterocycles. The first kappa shape index (κ1) is 32.8. The molecular formula is C30H39F6N5O2S. The summed E-state index contributed by atoms with van der Waals surface area (Å²) in [5.41, 5.74) is -2.45. The number of sulfone groups is 1. The van der Waals surface area contributed by atoms with Crippen LogP contribution in [0.15, 0.2) is 29.3 Å². The summed E-state index contributed by atoms with van der Waals surface area (Å²) in [6, 6.07) is 4.97. The van der Waals surface area contributed by atoms with Gasteiger partial charge in [-0.05, 0) is 108 Å². The molecule has 1 spiro atoms.